The van der Waals surface area contributed by atoms with E-state index in [1.54, 1.807) is 13.8 Å². The number of nitrogens with one attached hydrogen (secondary N) is 1. The predicted molar refractivity (Wildman–Crippen MR) is 134 cm³/mol. The molecule has 0 aliphatic carbocycles. The summed E-state index contributed by atoms with van der Waals surface area (Å²) in [5, 5.41) is 2.86. The predicted octanol–water partition coefficient (Wildman–Crippen LogP) is 4.79. The van der Waals surface area contributed by atoms with Gasteiger partial charge in [0.2, 0.25) is 11.8 Å². The van der Waals surface area contributed by atoms with Crippen LogP contribution < -0.4 is 10.1 Å². The molecule has 0 aromatic heterocycles. The lowest BCUT2D eigenvalue weighted by molar-refractivity contribution is -0.141. The maximum Gasteiger partial charge on any atom is 0.336 e. The van der Waals surface area contributed by atoms with Crippen LogP contribution in [0.4, 0.5) is 0 Å². The fraction of sp³-hybridized carbons (Fsp3) is 0.393. The van der Waals surface area contributed by atoms with Crippen molar-refractivity contribution in [2.75, 3.05) is 19.7 Å². The Bertz CT molecular complexity index is 1080. The first-order valence-corrected chi connectivity index (χ1v) is 12.1. The Morgan fingerprint density at radius 1 is 1.09 bits per heavy atom. The molecule has 3 rings (SSSR count). The van der Waals surface area contributed by atoms with Crippen LogP contribution in [0, 0.1) is 5.92 Å². The highest BCUT2D eigenvalue weighted by atomic mass is 16.5. The van der Waals surface area contributed by atoms with E-state index in [0.29, 0.717) is 35.2 Å². The van der Waals surface area contributed by atoms with E-state index in [4.69, 9.17) is 9.47 Å². The first kappa shape index (κ1) is 26.0. The molecule has 35 heavy (non-hydrogen) atoms. The minimum atomic E-state index is -0.499. The molecule has 7 nitrogen and oxygen atoms in total. The van der Waals surface area contributed by atoms with Crippen molar-refractivity contribution >= 4 is 17.8 Å². The molecular weight excluding hydrogens is 444 g/mol. The van der Waals surface area contributed by atoms with Crippen molar-refractivity contribution in [3.05, 3.63) is 71.4 Å². The van der Waals surface area contributed by atoms with Gasteiger partial charge in [0.1, 0.15) is 18.0 Å². The van der Waals surface area contributed by atoms with Gasteiger partial charge < -0.3 is 19.7 Å². The van der Waals surface area contributed by atoms with Crippen LogP contribution in [0.2, 0.25) is 0 Å². The largest absolute Gasteiger partial charge is 0.463 e. The number of nitrogens with zero attached hydrogens (tertiary/aromatic N) is 1. The number of hydrogen-bond acceptors (Lipinski definition) is 5. The zero-order chi connectivity index (χ0) is 25.4. The molecule has 186 valence electrons. The van der Waals surface area contributed by atoms with E-state index in [9.17, 15) is 14.4 Å². The van der Waals surface area contributed by atoms with Gasteiger partial charge in [-0.15, -0.1) is 0 Å². The van der Waals surface area contributed by atoms with Crippen molar-refractivity contribution < 1.29 is 23.9 Å². The molecule has 1 unspecified atom stereocenters. The minimum Gasteiger partial charge on any atom is -0.463 e. The van der Waals surface area contributed by atoms with Crippen molar-refractivity contribution in [2.45, 2.75) is 46.5 Å². The Balaban J connectivity index is 1.88. The number of carbonyl (C=O) groups is 3. The summed E-state index contributed by atoms with van der Waals surface area (Å²) >= 11 is 0. The average Bonchev–Trinajstić information content (AvgIpc) is 2.82. The Labute approximate surface area is 207 Å². The monoisotopic (exact) mass is 478 g/mol. The third kappa shape index (κ3) is 6.94. The molecule has 0 saturated heterocycles. The Kier molecular flexibility index (Phi) is 9.06. The first-order chi connectivity index (χ1) is 16.8. The number of ether oxygens (including phenoxy) is 2. The number of amides is 2. The van der Waals surface area contributed by atoms with Crippen molar-refractivity contribution in [2.24, 2.45) is 5.92 Å². The summed E-state index contributed by atoms with van der Waals surface area (Å²) in [6.07, 6.45) is 0.908. The Hall–Kier alpha value is -3.61. The second-order valence-corrected chi connectivity index (χ2v) is 8.98. The van der Waals surface area contributed by atoms with Gasteiger partial charge in [-0.3, -0.25) is 9.59 Å². The van der Waals surface area contributed by atoms with Gasteiger partial charge in [0, 0.05) is 24.6 Å². The highest BCUT2D eigenvalue weighted by molar-refractivity contribution is 5.97. The third-order valence-electron chi connectivity index (χ3n) is 5.90. The van der Waals surface area contributed by atoms with Gasteiger partial charge in [-0.2, -0.15) is 0 Å². The molecule has 1 heterocycles. The summed E-state index contributed by atoms with van der Waals surface area (Å²) in [5.74, 6) is 0.312. The van der Waals surface area contributed by atoms with Gasteiger partial charge >= 0.3 is 5.97 Å². The van der Waals surface area contributed by atoms with Crippen LogP contribution in [0.1, 0.15) is 52.0 Å². The second kappa shape index (κ2) is 12.2. The number of rotatable bonds is 10. The highest BCUT2D eigenvalue weighted by Crippen LogP contribution is 2.38. The van der Waals surface area contributed by atoms with E-state index < -0.39 is 11.9 Å². The zero-order valence-corrected chi connectivity index (χ0v) is 20.9. The average molecular weight is 479 g/mol. The molecule has 2 amide bonds. The quantitative estimate of drug-likeness (QED) is 0.496. The Morgan fingerprint density at radius 2 is 1.80 bits per heavy atom. The van der Waals surface area contributed by atoms with E-state index in [-0.39, 0.29) is 31.4 Å². The topological polar surface area (TPSA) is 84.9 Å². The maximum atomic E-state index is 13.1. The summed E-state index contributed by atoms with van der Waals surface area (Å²) in [7, 11) is 0. The van der Waals surface area contributed by atoms with Gasteiger partial charge in [-0.05, 0) is 56.0 Å². The summed E-state index contributed by atoms with van der Waals surface area (Å²) in [6, 6.07) is 16.8. The van der Waals surface area contributed by atoms with E-state index in [1.165, 1.54) is 4.90 Å². The normalized spacial score (nSPS) is 15.9. The number of esters is 1. The fourth-order valence-corrected chi connectivity index (χ4v) is 4.08. The minimum absolute atomic E-state index is 0.0551. The van der Waals surface area contributed by atoms with Crippen molar-refractivity contribution in [3.8, 4) is 11.5 Å². The molecule has 1 aliphatic heterocycles. The number of hydrogen-bond donors (Lipinski definition) is 1. The molecule has 2 aromatic rings. The van der Waals surface area contributed by atoms with Crippen LogP contribution >= 0.6 is 0 Å². The molecule has 1 atom stereocenters. The van der Waals surface area contributed by atoms with Crippen LogP contribution in [0.3, 0.4) is 0 Å². The smallest absolute Gasteiger partial charge is 0.336 e. The summed E-state index contributed by atoms with van der Waals surface area (Å²) < 4.78 is 11.3. The van der Waals surface area contributed by atoms with Crippen molar-refractivity contribution in [1.29, 1.82) is 0 Å². The standard InChI is InChI=1S/C28H34N2O5/c1-5-34-28(33)27-20(4)30(18-25(31)29-15-14-19(2)3)26(32)17-24(27)21-10-9-13-23(16-21)35-22-11-7-6-8-12-22/h6-13,16,19,24H,5,14-15,17-18H2,1-4H3,(H,29,31). The van der Waals surface area contributed by atoms with Gasteiger partial charge in [-0.1, -0.05) is 44.2 Å². The van der Waals surface area contributed by atoms with Crippen LogP contribution in [0.15, 0.2) is 65.9 Å². The van der Waals surface area contributed by atoms with Crippen molar-refractivity contribution in [3.63, 3.8) is 0 Å². The molecule has 2 aromatic carbocycles. The zero-order valence-electron chi connectivity index (χ0n) is 20.9. The lowest BCUT2D eigenvalue weighted by Gasteiger charge is -2.34. The van der Waals surface area contributed by atoms with E-state index in [1.807, 2.05) is 54.6 Å². The van der Waals surface area contributed by atoms with Gasteiger partial charge in [0.15, 0.2) is 0 Å². The SMILES string of the molecule is CCOC(=O)C1=C(C)N(CC(=O)NCCC(C)C)C(=O)CC1c1cccc(Oc2ccccc2)c1. The van der Waals surface area contributed by atoms with E-state index >= 15 is 0 Å². The second-order valence-electron chi connectivity index (χ2n) is 8.98. The molecule has 0 bridgehead atoms. The summed E-state index contributed by atoms with van der Waals surface area (Å²) in [6.45, 7) is 8.23. The molecular formula is C28H34N2O5. The first-order valence-electron chi connectivity index (χ1n) is 12.1. The third-order valence-corrected chi connectivity index (χ3v) is 5.90. The van der Waals surface area contributed by atoms with Gasteiger partial charge in [0.25, 0.3) is 0 Å². The van der Waals surface area contributed by atoms with Crippen molar-refractivity contribution in [1.82, 2.24) is 10.2 Å². The summed E-state index contributed by atoms with van der Waals surface area (Å²) in [5.41, 5.74) is 1.60. The van der Waals surface area contributed by atoms with Gasteiger partial charge in [-0.25, -0.2) is 4.79 Å². The maximum absolute atomic E-state index is 13.1. The fourth-order valence-electron chi connectivity index (χ4n) is 4.08. The molecule has 0 radical (unpaired) electrons. The lowest BCUT2D eigenvalue weighted by atomic mass is 9.83. The number of para-hydroxylation sites is 1. The van der Waals surface area contributed by atoms with Crippen LogP contribution in [0.25, 0.3) is 0 Å². The van der Waals surface area contributed by atoms with Gasteiger partial charge in [0.05, 0.1) is 12.2 Å². The molecule has 7 heteroatoms. The van der Waals surface area contributed by atoms with Crippen LogP contribution in [-0.2, 0) is 19.1 Å². The van der Waals surface area contributed by atoms with E-state index in [2.05, 4.69) is 19.2 Å². The van der Waals surface area contributed by atoms with E-state index in [0.717, 1.165) is 12.0 Å². The molecule has 1 N–H and O–H groups in total. The molecule has 0 saturated carbocycles. The molecule has 0 fully saturated rings. The Morgan fingerprint density at radius 3 is 2.49 bits per heavy atom. The molecule has 0 spiro atoms. The van der Waals surface area contributed by atoms with Crippen LogP contribution in [0.5, 0.6) is 11.5 Å². The van der Waals surface area contributed by atoms with Crippen LogP contribution in [-0.4, -0.2) is 42.4 Å². The summed E-state index contributed by atoms with van der Waals surface area (Å²) in [4.78, 5) is 40.0. The molecule has 1 aliphatic rings. The number of carbonyl (C=O) groups excluding carboxylic acids is 3. The lowest BCUT2D eigenvalue weighted by Crippen LogP contribution is -2.44. The number of allylic oxidation sites excluding steroid dienone is 1. The highest BCUT2D eigenvalue weighted by Gasteiger charge is 2.37. The number of benzene rings is 2.